The van der Waals surface area contributed by atoms with Gasteiger partial charge in [-0.1, -0.05) is 83.1 Å². The van der Waals surface area contributed by atoms with E-state index >= 15 is 0 Å². The molecule has 4 atom stereocenters. The van der Waals surface area contributed by atoms with Gasteiger partial charge in [-0.2, -0.15) is 0 Å². The van der Waals surface area contributed by atoms with Crippen molar-refractivity contribution >= 4 is 31.9 Å². The summed E-state index contributed by atoms with van der Waals surface area (Å²) in [5.74, 6) is 0. The van der Waals surface area contributed by atoms with E-state index in [0.717, 1.165) is 0 Å². The first-order valence-electron chi connectivity index (χ1n) is 13.1. The molecule has 198 valence electrons. The SMILES string of the molecule is CC(C)(C)C1=C(O[Si](C)(C)C)[P@]([P@@]2C(O[Si](C)(C)C)=C(C(C)(C)C)[C@H]2C(C)(C)C)[C@@H]1C(C)(C)C. The topological polar surface area (TPSA) is 18.5 Å². The highest BCUT2D eigenvalue weighted by Gasteiger charge is 2.63. The molecule has 0 saturated heterocycles. The van der Waals surface area contributed by atoms with Crippen LogP contribution in [0.25, 0.3) is 0 Å². The standard InChI is InChI=1S/C28H56O2P2Si2/c1-25(2,3)19-21(27(7,8)9)31(23(19)29-33(13,14)15)32-22(28(10,11)12)20(26(4,5)6)24(32)30-34(16,17)18/h21-22H,1-18H3/t21-,22-,31+,32+/m0/s1. The first-order chi connectivity index (χ1) is 14.7. The zero-order valence-electron chi connectivity index (χ0n) is 25.9. The average molecular weight is 543 g/mol. The van der Waals surface area contributed by atoms with Crippen molar-refractivity contribution in [3.8, 4) is 0 Å². The van der Waals surface area contributed by atoms with Gasteiger partial charge >= 0.3 is 0 Å². The van der Waals surface area contributed by atoms with Gasteiger partial charge in [0.1, 0.15) is 11.0 Å². The highest BCUT2D eigenvalue weighted by atomic mass is 32.1. The third-order valence-corrected chi connectivity index (χ3v) is 17.1. The molecule has 0 amide bonds. The van der Waals surface area contributed by atoms with Crippen LogP contribution in [0.2, 0.25) is 39.3 Å². The molecule has 0 aromatic rings. The van der Waals surface area contributed by atoms with Crippen molar-refractivity contribution in [2.45, 2.75) is 134 Å². The molecule has 0 saturated carbocycles. The summed E-state index contributed by atoms with van der Waals surface area (Å²) in [5, 5.41) is 0. The Bertz CT molecular complexity index is 776. The van der Waals surface area contributed by atoms with E-state index in [2.05, 4.69) is 122 Å². The largest absolute Gasteiger partial charge is 0.544 e. The minimum atomic E-state index is -1.75. The van der Waals surface area contributed by atoms with Crippen LogP contribution in [-0.4, -0.2) is 28.0 Å². The molecule has 2 aliphatic heterocycles. The van der Waals surface area contributed by atoms with Crippen LogP contribution in [0.15, 0.2) is 22.1 Å². The molecule has 0 fully saturated rings. The Balaban J connectivity index is 2.85. The van der Waals surface area contributed by atoms with Gasteiger partial charge in [0.2, 0.25) is 16.6 Å². The van der Waals surface area contributed by atoms with Crippen LogP contribution < -0.4 is 0 Å². The summed E-state index contributed by atoms with van der Waals surface area (Å²) in [4.78, 5) is 0. The molecule has 0 spiro atoms. The number of hydrogen-bond acceptors (Lipinski definition) is 2. The molecule has 2 nitrogen and oxygen atoms in total. The van der Waals surface area contributed by atoms with E-state index in [9.17, 15) is 0 Å². The van der Waals surface area contributed by atoms with Crippen molar-refractivity contribution in [3.05, 3.63) is 22.1 Å². The first-order valence-corrected chi connectivity index (χ1v) is 23.5. The van der Waals surface area contributed by atoms with E-state index in [-0.39, 0.29) is 21.7 Å². The zero-order chi connectivity index (χ0) is 27.0. The summed E-state index contributed by atoms with van der Waals surface area (Å²) in [5.41, 5.74) is 7.87. The van der Waals surface area contributed by atoms with Crippen molar-refractivity contribution < 1.29 is 8.85 Å². The summed E-state index contributed by atoms with van der Waals surface area (Å²) in [6, 6.07) is 0. The van der Waals surface area contributed by atoms with Crippen LogP contribution in [0.1, 0.15) is 83.1 Å². The molecule has 0 aromatic carbocycles. The molecule has 0 bridgehead atoms. The Morgan fingerprint density at radius 2 is 0.735 bits per heavy atom. The monoisotopic (exact) mass is 542 g/mol. The summed E-state index contributed by atoms with van der Waals surface area (Å²) < 4.78 is 14.1. The highest BCUT2D eigenvalue weighted by molar-refractivity contribution is 8.35. The molecule has 2 rings (SSSR count). The van der Waals surface area contributed by atoms with Crippen molar-refractivity contribution in [1.29, 1.82) is 0 Å². The van der Waals surface area contributed by atoms with Crippen molar-refractivity contribution in [1.82, 2.24) is 0 Å². The van der Waals surface area contributed by atoms with Crippen LogP contribution in [0.5, 0.6) is 0 Å². The molecule has 0 N–H and O–H groups in total. The summed E-state index contributed by atoms with van der Waals surface area (Å²) in [6.07, 6.45) is 0. The van der Waals surface area contributed by atoms with Crippen molar-refractivity contribution in [3.63, 3.8) is 0 Å². The molecule has 6 heteroatoms. The van der Waals surface area contributed by atoms with Crippen LogP contribution in [-0.2, 0) is 8.85 Å². The second-order valence-corrected chi connectivity index (χ2v) is 31.3. The van der Waals surface area contributed by atoms with Crippen LogP contribution >= 0.6 is 15.2 Å². The fraction of sp³-hybridized carbons (Fsp3) is 0.857. The molecule has 0 aromatic heterocycles. The number of rotatable bonds is 5. The van der Waals surface area contributed by atoms with Crippen LogP contribution in [0.3, 0.4) is 0 Å². The minimum Gasteiger partial charge on any atom is -0.544 e. The second-order valence-electron chi connectivity index (χ2n) is 16.6. The van der Waals surface area contributed by atoms with Gasteiger partial charge < -0.3 is 8.85 Å². The molecular formula is C28H56O2P2Si2. The lowest BCUT2D eigenvalue weighted by atomic mass is 9.76. The summed E-state index contributed by atoms with van der Waals surface area (Å²) in [6.45, 7) is 43.2. The van der Waals surface area contributed by atoms with Crippen LogP contribution in [0.4, 0.5) is 0 Å². The smallest absolute Gasteiger partial charge is 0.242 e. The van der Waals surface area contributed by atoms with E-state index < -0.39 is 31.9 Å². The molecule has 34 heavy (non-hydrogen) atoms. The van der Waals surface area contributed by atoms with E-state index in [1.54, 1.807) is 11.1 Å². The Kier molecular flexibility index (Phi) is 8.09. The molecular weight excluding hydrogens is 486 g/mol. The molecule has 0 radical (unpaired) electrons. The summed E-state index contributed by atoms with van der Waals surface area (Å²) >= 11 is 0. The van der Waals surface area contributed by atoms with Gasteiger partial charge in [0.25, 0.3) is 0 Å². The first kappa shape index (κ1) is 30.6. The normalized spacial score (nSPS) is 27.5. The van der Waals surface area contributed by atoms with Gasteiger partial charge in [0, 0.05) is 26.5 Å². The van der Waals surface area contributed by atoms with Crippen molar-refractivity contribution in [2.75, 3.05) is 0 Å². The van der Waals surface area contributed by atoms with Crippen LogP contribution in [0, 0.1) is 21.7 Å². The number of hydrogen-bond donors (Lipinski definition) is 0. The maximum absolute atomic E-state index is 7.06. The predicted molar refractivity (Wildman–Crippen MR) is 162 cm³/mol. The third-order valence-electron chi connectivity index (χ3n) is 6.21. The second kappa shape index (κ2) is 8.99. The predicted octanol–water partition coefficient (Wildman–Crippen LogP) is 10.9. The fourth-order valence-corrected chi connectivity index (χ4v) is 21.0. The maximum atomic E-state index is 7.06. The Morgan fingerprint density at radius 3 is 0.882 bits per heavy atom. The minimum absolute atomic E-state index is 0.125. The molecule has 2 heterocycles. The van der Waals surface area contributed by atoms with Gasteiger partial charge in [-0.25, -0.2) is 0 Å². The Hall–Kier alpha value is 0.374. The van der Waals surface area contributed by atoms with Gasteiger partial charge in [0.15, 0.2) is 0 Å². The van der Waals surface area contributed by atoms with E-state index in [0.29, 0.717) is 11.3 Å². The average Bonchev–Trinajstić information content (AvgIpc) is 2.44. The maximum Gasteiger partial charge on any atom is 0.242 e. The Labute approximate surface area is 217 Å². The number of allylic oxidation sites excluding steroid dienone is 2. The third kappa shape index (κ3) is 6.43. The van der Waals surface area contributed by atoms with Crippen molar-refractivity contribution in [2.24, 2.45) is 21.7 Å². The zero-order valence-corrected chi connectivity index (χ0v) is 29.7. The van der Waals surface area contributed by atoms with E-state index in [4.69, 9.17) is 8.85 Å². The van der Waals surface area contributed by atoms with Gasteiger partial charge in [-0.15, -0.1) is 0 Å². The lowest BCUT2D eigenvalue weighted by molar-refractivity contribution is 0.316. The molecule has 2 aliphatic rings. The van der Waals surface area contributed by atoms with E-state index in [1.165, 1.54) is 11.0 Å². The van der Waals surface area contributed by atoms with Gasteiger partial charge in [0.05, 0.1) is 0 Å². The lowest BCUT2D eigenvalue weighted by Gasteiger charge is -2.62. The van der Waals surface area contributed by atoms with Gasteiger partial charge in [-0.3, -0.25) is 0 Å². The molecule has 0 aliphatic carbocycles. The highest BCUT2D eigenvalue weighted by Crippen LogP contribution is 2.95. The van der Waals surface area contributed by atoms with E-state index in [1.807, 2.05) is 0 Å². The molecule has 0 unspecified atom stereocenters. The fourth-order valence-electron chi connectivity index (χ4n) is 5.12. The summed E-state index contributed by atoms with van der Waals surface area (Å²) in [7, 11) is -4.35. The Morgan fingerprint density at radius 1 is 0.500 bits per heavy atom. The van der Waals surface area contributed by atoms with Gasteiger partial charge in [-0.05, 0) is 72.1 Å². The lowest BCUT2D eigenvalue weighted by Crippen LogP contribution is -2.47. The quantitative estimate of drug-likeness (QED) is 0.254.